The first-order chi connectivity index (χ1) is 9.11. The second-order valence-corrected chi connectivity index (χ2v) is 6.48. The SMILES string of the molecule is CSCCC(C)Nc1c(N)cnc2ccc(Br)cc12. The maximum absolute atomic E-state index is 6.07. The molecule has 0 bridgehead atoms. The minimum atomic E-state index is 0.388. The van der Waals surface area contributed by atoms with Crippen molar-refractivity contribution in [2.24, 2.45) is 0 Å². The Bertz CT molecular complexity index is 569. The molecule has 102 valence electrons. The minimum absolute atomic E-state index is 0.388. The van der Waals surface area contributed by atoms with Crippen LogP contribution >= 0.6 is 27.7 Å². The van der Waals surface area contributed by atoms with Crippen LogP contribution in [0.4, 0.5) is 11.4 Å². The lowest BCUT2D eigenvalue weighted by molar-refractivity contribution is 0.773. The summed E-state index contributed by atoms with van der Waals surface area (Å²) >= 11 is 5.36. The van der Waals surface area contributed by atoms with E-state index in [0.29, 0.717) is 11.7 Å². The fourth-order valence-electron chi connectivity index (χ4n) is 1.95. The second-order valence-electron chi connectivity index (χ2n) is 4.58. The molecule has 0 saturated carbocycles. The molecule has 1 atom stereocenters. The van der Waals surface area contributed by atoms with Gasteiger partial charge in [0.15, 0.2) is 0 Å². The summed E-state index contributed by atoms with van der Waals surface area (Å²) in [6, 6.07) is 6.44. The fourth-order valence-corrected chi connectivity index (χ4v) is 2.90. The average molecular weight is 340 g/mol. The van der Waals surface area contributed by atoms with Crippen molar-refractivity contribution in [2.45, 2.75) is 19.4 Å². The molecule has 5 heteroatoms. The molecule has 0 saturated heterocycles. The number of pyridine rings is 1. The first-order valence-electron chi connectivity index (χ1n) is 6.21. The van der Waals surface area contributed by atoms with E-state index in [4.69, 9.17) is 5.73 Å². The number of anilines is 2. The van der Waals surface area contributed by atoms with E-state index in [1.54, 1.807) is 6.20 Å². The van der Waals surface area contributed by atoms with Crippen LogP contribution in [0.3, 0.4) is 0 Å². The highest BCUT2D eigenvalue weighted by Gasteiger charge is 2.10. The fraction of sp³-hybridized carbons (Fsp3) is 0.357. The van der Waals surface area contributed by atoms with Gasteiger partial charge in [-0.3, -0.25) is 4.98 Å². The van der Waals surface area contributed by atoms with Gasteiger partial charge in [-0.25, -0.2) is 0 Å². The molecule has 19 heavy (non-hydrogen) atoms. The van der Waals surface area contributed by atoms with Gasteiger partial charge in [-0.2, -0.15) is 11.8 Å². The van der Waals surface area contributed by atoms with Gasteiger partial charge in [0.1, 0.15) is 0 Å². The van der Waals surface area contributed by atoms with E-state index in [1.807, 2.05) is 23.9 Å². The van der Waals surface area contributed by atoms with Gasteiger partial charge in [0.2, 0.25) is 0 Å². The molecule has 3 nitrogen and oxygen atoms in total. The quantitative estimate of drug-likeness (QED) is 0.859. The molecule has 2 rings (SSSR count). The van der Waals surface area contributed by atoms with Crippen LogP contribution in [0.2, 0.25) is 0 Å². The summed E-state index contributed by atoms with van der Waals surface area (Å²) in [7, 11) is 0. The van der Waals surface area contributed by atoms with Crippen LogP contribution in [-0.4, -0.2) is 23.0 Å². The molecule has 1 unspecified atom stereocenters. The molecular weight excluding hydrogens is 322 g/mol. The molecule has 0 amide bonds. The molecular formula is C14H18BrN3S. The summed E-state index contributed by atoms with van der Waals surface area (Å²) in [4.78, 5) is 4.36. The number of aromatic nitrogens is 1. The van der Waals surface area contributed by atoms with Gasteiger partial charge in [0, 0.05) is 15.9 Å². The van der Waals surface area contributed by atoms with Crippen LogP contribution < -0.4 is 11.1 Å². The van der Waals surface area contributed by atoms with Gasteiger partial charge < -0.3 is 11.1 Å². The first-order valence-corrected chi connectivity index (χ1v) is 8.39. The van der Waals surface area contributed by atoms with Crippen molar-refractivity contribution < 1.29 is 0 Å². The number of nitrogens with zero attached hydrogens (tertiary/aromatic N) is 1. The largest absolute Gasteiger partial charge is 0.396 e. The molecule has 3 N–H and O–H groups in total. The van der Waals surface area contributed by atoms with Crippen molar-refractivity contribution in [3.05, 3.63) is 28.9 Å². The molecule has 1 heterocycles. The number of nitrogens with one attached hydrogen (secondary N) is 1. The maximum Gasteiger partial charge on any atom is 0.0743 e. The van der Waals surface area contributed by atoms with Crippen LogP contribution in [0.1, 0.15) is 13.3 Å². The Morgan fingerprint density at radius 2 is 2.26 bits per heavy atom. The highest BCUT2D eigenvalue weighted by molar-refractivity contribution is 9.10. The Hall–Kier alpha value is -0.940. The van der Waals surface area contributed by atoms with Crippen LogP contribution in [-0.2, 0) is 0 Å². The molecule has 2 aromatic rings. The van der Waals surface area contributed by atoms with E-state index < -0.39 is 0 Å². The normalized spacial score (nSPS) is 12.6. The number of nitrogen functional groups attached to an aromatic ring is 1. The summed E-state index contributed by atoms with van der Waals surface area (Å²) in [6.07, 6.45) is 4.96. The van der Waals surface area contributed by atoms with E-state index in [1.165, 1.54) is 0 Å². The smallest absolute Gasteiger partial charge is 0.0743 e. The standard InChI is InChI=1S/C14H18BrN3S/c1-9(5-6-19-2)18-14-11-7-10(15)3-4-13(11)17-8-12(14)16/h3-4,7-9H,5-6,16H2,1-2H3,(H,17,18). The molecule has 0 spiro atoms. The van der Waals surface area contributed by atoms with Gasteiger partial charge >= 0.3 is 0 Å². The van der Waals surface area contributed by atoms with E-state index in [9.17, 15) is 0 Å². The predicted octanol–water partition coefficient (Wildman–Crippen LogP) is 4.13. The van der Waals surface area contributed by atoms with Gasteiger partial charge in [-0.1, -0.05) is 15.9 Å². The topological polar surface area (TPSA) is 50.9 Å². The van der Waals surface area contributed by atoms with Crippen molar-refractivity contribution in [2.75, 3.05) is 23.1 Å². The van der Waals surface area contributed by atoms with Gasteiger partial charge in [0.05, 0.1) is 23.1 Å². The molecule has 0 fully saturated rings. The Balaban J connectivity index is 2.35. The molecule has 1 aromatic carbocycles. The molecule has 0 aliphatic heterocycles. The molecule has 1 aromatic heterocycles. The number of nitrogens with two attached hydrogens (primary N) is 1. The summed E-state index contributed by atoms with van der Waals surface area (Å²) in [5, 5.41) is 4.58. The van der Waals surface area contributed by atoms with Crippen LogP contribution in [0.15, 0.2) is 28.9 Å². The number of thioether (sulfide) groups is 1. The monoisotopic (exact) mass is 339 g/mol. The predicted molar refractivity (Wildman–Crippen MR) is 89.9 cm³/mol. The highest BCUT2D eigenvalue weighted by atomic mass is 79.9. The number of hydrogen-bond acceptors (Lipinski definition) is 4. The molecule has 0 radical (unpaired) electrons. The lowest BCUT2D eigenvalue weighted by Gasteiger charge is -2.18. The van der Waals surface area contributed by atoms with E-state index >= 15 is 0 Å². The van der Waals surface area contributed by atoms with Crippen molar-refractivity contribution in [1.82, 2.24) is 4.98 Å². The van der Waals surface area contributed by atoms with Gasteiger partial charge in [-0.05, 0) is 43.6 Å². The van der Waals surface area contributed by atoms with E-state index in [-0.39, 0.29) is 0 Å². The van der Waals surface area contributed by atoms with Crippen LogP contribution in [0, 0.1) is 0 Å². The zero-order valence-corrected chi connectivity index (χ0v) is 13.5. The Morgan fingerprint density at radius 1 is 1.47 bits per heavy atom. The molecule has 0 aliphatic rings. The second kappa shape index (κ2) is 6.48. The lowest BCUT2D eigenvalue weighted by atomic mass is 10.1. The number of rotatable bonds is 5. The van der Waals surface area contributed by atoms with Crippen LogP contribution in [0.25, 0.3) is 10.9 Å². The van der Waals surface area contributed by atoms with Crippen molar-refractivity contribution in [1.29, 1.82) is 0 Å². The summed E-state index contributed by atoms with van der Waals surface area (Å²) in [5.74, 6) is 1.14. The Morgan fingerprint density at radius 3 is 3.00 bits per heavy atom. The Labute approximate surface area is 126 Å². The first kappa shape index (κ1) is 14.5. The van der Waals surface area contributed by atoms with E-state index in [0.717, 1.165) is 33.2 Å². The molecule has 0 aliphatic carbocycles. The van der Waals surface area contributed by atoms with Gasteiger partial charge in [-0.15, -0.1) is 0 Å². The lowest BCUT2D eigenvalue weighted by Crippen LogP contribution is -2.17. The summed E-state index contributed by atoms with van der Waals surface area (Å²) in [5.41, 5.74) is 8.71. The average Bonchev–Trinajstić information content (AvgIpc) is 2.40. The number of halogens is 1. The Kier molecular flexibility index (Phi) is 4.93. The van der Waals surface area contributed by atoms with Crippen molar-refractivity contribution >= 4 is 50.0 Å². The summed E-state index contributed by atoms with van der Waals surface area (Å²) < 4.78 is 1.03. The minimum Gasteiger partial charge on any atom is -0.396 e. The zero-order chi connectivity index (χ0) is 13.8. The van der Waals surface area contributed by atoms with E-state index in [2.05, 4.69) is 45.5 Å². The number of hydrogen-bond donors (Lipinski definition) is 2. The number of benzene rings is 1. The zero-order valence-electron chi connectivity index (χ0n) is 11.1. The third kappa shape index (κ3) is 3.54. The van der Waals surface area contributed by atoms with Gasteiger partial charge in [0.25, 0.3) is 0 Å². The highest BCUT2D eigenvalue weighted by Crippen LogP contribution is 2.30. The number of fused-ring (bicyclic) bond motifs is 1. The third-order valence-corrected chi connectivity index (χ3v) is 4.14. The van der Waals surface area contributed by atoms with Crippen molar-refractivity contribution in [3.8, 4) is 0 Å². The van der Waals surface area contributed by atoms with Crippen LogP contribution in [0.5, 0.6) is 0 Å². The summed E-state index contributed by atoms with van der Waals surface area (Å²) in [6.45, 7) is 2.18. The third-order valence-electron chi connectivity index (χ3n) is 3.01. The maximum atomic E-state index is 6.07. The van der Waals surface area contributed by atoms with Crippen molar-refractivity contribution in [3.63, 3.8) is 0 Å².